The number of aromatic amines is 1. The molecule has 8 nitrogen and oxygen atoms in total. The van der Waals surface area contributed by atoms with Gasteiger partial charge in [-0.2, -0.15) is 0 Å². The predicted octanol–water partition coefficient (Wildman–Crippen LogP) is 5.22. The van der Waals surface area contributed by atoms with Crippen LogP contribution in [-0.2, 0) is 13.0 Å². The number of ether oxygens (including phenoxy) is 1. The molecule has 1 aliphatic rings. The van der Waals surface area contributed by atoms with E-state index < -0.39 is 0 Å². The fraction of sp³-hybridized carbons (Fsp3) is 0.448. The number of aromatic nitrogens is 5. The third kappa shape index (κ3) is 5.74. The largest absolute Gasteiger partial charge is 0.497 e. The van der Waals surface area contributed by atoms with Crippen molar-refractivity contribution in [2.75, 3.05) is 13.7 Å². The summed E-state index contributed by atoms with van der Waals surface area (Å²) in [7, 11) is 1.65. The highest BCUT2D eigenvalue weighted by Crippen LogP contribution is 2.32. The van der Waals surface area contributed by atoms with Crippen LogP contribution in [0.2, 0.25) is 0 Å². The average molecular weight is 501 g/mol. The van der Waals surface area contributed by atoms with Crippen molar-refractivity contribution in [1.82, 2.24) is 30.1 Å². The van der Waals surface area contributed by atoms with Gasteiger partial charge in [-0.1, -0.05) is 56.5 Å². The molecule has 1 aliphatic carbocycles. The van der Waals surface area contributed by atoms with E-state index in [1.807, 2.05) is 30.3 Å². The van der Waals surface area contributed by atoms with Gasteiger partial charge in [0.1, 0.15) is 5.75 Å². The zero-order valence-electron chi connectivity index (χ0n) is 21.8. The summed E-state index contributed by atoms with van der Waals surface area (Å²) in [5.74, 6) is 1.67. The van der Waals surface area contributed by atoms with Gasteiger partial charge in [0.25, 0.3) is 5.56 Å². The van der Waals surface area contributed by atoms with E-state index in [0.717, 1.165) is 60.3 Å². The summed E-state index contributed by atoms with van der Waals surface area (Å²) in [6.07, 6.45) is 7.67. The van der Waals surface area contributed by atoms with Crippen molar-refractivity contribution < 1.29 is 4.74 Å². The number of hydrogen-bond acceptors (Lipinski definition) is 6. The molecule has 0 radical (unpaired) electrons. The average Bonchev–Trinajstić information content (AvgIpc) is 3.42. The standard InChI is InChI=1S/C29H36N6O2/c1-3-27(28-31-32-33-35(28)24-12-8-5-9-13-24)34(17-16-21-10-6-4-7-11-21)20-23-18-22-19-25(37-2)14-15-26(22)30-29(23)36/h4,6-7,10-11,14-15,18-19,24,27H,3,5,8-9,12-13,16-17,20H2,1-2H3,(H,30,36)/t27-/m0/s1. The molecule has 1 saturated carbocycles. The van der Waals surface area contributed by atoms with Crippen LogP contribution in [-0.4, -0.2) is 43.7 Å². The van der Waals surface area contributed by atoms with E-state index >= 15 is 0 Å². The first-order valence-electron chi connectivity index (χ1n) is 13.4. The number of H-pyrrole nitrogens is 1. The molecule has 8 heteroatoms. The summed E-state index contributed by atoms with van der Waals surface area (Å²) < 4.78 is 7.48. The second-order valence-electron chi connectivity index (χ2n) is 9.98. The maximum Gasteiger partial charge on any atom is 0.252 e. The topological polar surface area (TPSA) is 88.9 Å². The molecule has 0 aliphatic heterocycles. The maximum atomic E-state index is 13.2. The number of nitrogens with one attached hydrogen (secondary N) is 1. The Kier molecular flexibility index (Phi) is 7.94. The first kappa shape index (κ1) is 25.1. The third-order valence-corrected chi connectivity index (χ3v) is 7.60. The number of rotatable bonds is 10. The molecule has 0 spiro atoms. The first-order valence-corrected chi connectivity index (χ1v) is 13.4. The molecule has 1 atom stereocenters. The summed E-state index contributed by atoms with van der Waals surface area (Å²) in [6.45, 7) is 3.47. The van der Waals surface area contributed by atoms with Crippen molar-refractivity contribution in [3.8, 4) is 5.75 Å². The number of hydrogen-bond donors (Lipinski definition) is 1. The van der Waals surface area contributed by atoms with Gasteiger partial charge in [0, 0.05) is 29.6 Å². The second-order valence-corrected chi connectivity index (χ2v) is 9.98. The lowest BCUT2D eigenvalue weighted by Crippen LogP contribution is -2.34. The number of benzene rings is 2. The molecule has 0 amide bonds. The van der Waals surface area contributed by atoms with E-state index in [1.165, 1.54) is 24.8 Å². The summed E-state index contributed by atoms with van der Waals surface area (Å²) in [6, 6.07) is 18.5. The van der Waals surface area contributed by atoms with Gasteiger partial charge in [-0.3, -0.25) is 9.69 Å². The van der Waals surface area contributed by atoms with Crippen molar-refractivity contribution in [2.45, 2.75) is 70.5 Å². The van der Waals surface area contributed by atoms with E-state index in [1.54, 1.807) is 7.11 Å². The fourth-order valence-corrected chi connectivity index (χ4v) is 5.57. The molecule has 4 aromatic rings. The number of nitrogens with zero attached hydrogens (tertiary/aromatic N) is 5. The van der Waals surface area contributed by atoms with Crippen LogP contribution in [0.15, 0.2) is 59.4 Å². The van der Waals surface area contributed by atoms with Gasteiger partial charge >= 0.3 is 0 Å². The van der Waals surface area contributed by atoms with Crippen LogP contribution < -0.4 is 10.3 Å². The molecular weight excluding hydrogens is 464 g/mol. The van der Waals surface area contributed by atoms with E-state index in [2.05, 4.69) is 61.3 Å². The number of pyridine rings is 1. The van der Waals surface area contributed by atoms with Crippen LogP contribution in [0.3, 0.4) is 0 Å². The van der Waals surface area contributed by atoms with Gasteiger partial charge in [0.05, 0.1) is 19.2 Å². The second kappa shape index (κ2) is 11.7. The Morgan fingerprint density at radius 1 is 1.11 bits per heavy atom. The minimum absolute atomic E-state index is 0.000968. The number of methoxy groups -OCH3 is 1. The third-order valence-electron chi connectivity index (χ3n) is 7.60. The van der Waals surface area contributed by atoms with Crippen LogP contribution in [0, 0.1) is 0 Å². The Labute approximate surface area is 217 Å². The van der Waals surface area contributed by atoms with Crippen molar-refractivity contribution in [2.24, 2.45) is 0 Å². The summed E-state index contributed by atoms with van der Waals surface area (Å²) in [5.41, 5.74) is 2.73. The van der Waals surface area contributed by atoms with Gasteiger partial charge in [-0.05, 0) is 65.9 Å². The molecule has 2 aromatic heterocycles. The molecule has 0 saturated heterocycles. The molecule has 0 bridgehead atoms. The van der Waals surface area contributed by atoms with Crippen LogP contribution in [0.5, 0.6) is 5.75 Å². The number of tetrazole rings is 1. The summed E-state index contributed by atoms with van der Waals surface area (Å²) in [5, 5.41) is 14.0. The normalized spacial score (nSPS) is 15.3. The van der Waals surface area contributed by atoms with Crippen molar-refractivity contribution in [1.29, 1.82) is 0 Å². The molecule has 194 valence electrons. The minimum Gasteiger partial charge on any atom is -0.497 e. The predicted molar refractivity (Wildman–Crippen MR) is 145 cm³/mol. The van der Waals surface area contributed by atoms with Crippen molar-refractivity contribution in [3.63, 3.8) is 0 Å². The van der Waals surface area contributed by atoms with E-state index in [4.69, 9.17) is 4.74 Å². The highest BCUT2D eigenvalue weighted by Gasteiger charge is 2.29. The summed E-state index contributed by atoms with van der Waals surface area (Å²) >= 11 is 0. The maximum absolute atomic E-state index is 13.2. The monoisotopic (exact) mass is 500 g/mol. The minimum atomic E-state index is -0.0656. The zero-order valence-corrected chi connectivity index (χ0v) is 21.8. The molecule has 37 heavy (non-hydrogen) atoms. The van der Waals surface area contributed by atoms with Gasteiger partial charge < -0.3 is 9.72 Å². The molecule has 5 rings (SSSR count). The summed E-state index contributed by atoms with van der Waals surface area (Å²) in [4.78, 5) is 18.6. The fourth-order valence-electron chi connectivity index (χ4n) is 5.57. The zero-order chi connectivity index (χ0) is 25.6. The van der Waals surface area contributed by atoms with Gasteiger partial charge in [-0.15, -0.1) is 5.10 Å². The highest BCUT2D eigenvalue weighted by molar-refractivity contribution is 5.80. The lowest BCUT2D eigenvalue weighted by atomic mass is 9.95. The Hall–Kier alpha value is -3.52. The van der Waals surface area contributed by atoms with Crippen LogP contribution in [0.1, 0.15) is 74.5 Å². The van der Waals surface area contributed by atoms with E-state index in [-0.39, 0.29) is 11.6 Å². The van der Waals surface area contributed by atoms with Gasteiger partial charge in [0.2, 0.25) is 0 Å². The molecule has 2 aromatic carbocycles. The van der Waals surface area contributed by atoms with Crippen molar-refractivity contribution >= 4 is 10.9 Å². The van der Waals surface area contributed by atoms with Crippen LogP contribution in [0.25, 0.3) is 10.9 Å². The van der Waals surface area contributed by atoms with E-state index in [0.29, 0.717) is 12.6 Å². The Balaban J connectivity index is 1.48. The molecule has 0 unspecified atom stereocenters. The lowest BCUT2D eigenvalue weighted by molar-refractivity contribution is 0.165. The molecular formula is C29H36N6O2. The van der Waals surface area contributed by atoms with Crippen molar-refractivity contribution in [3.05, 3.63) is 81.9 Å². The highest BCUT2D eigenvalue weighted by atomic mass is 16.5. The molecule has 1 N–H and O–H groups in total. The van der Waals surface area contributed by atoms with Crippen LogP contribution >= 0.6 is 0 Å². The smallest absolute Gasteiger partial charge is 0.252 e. The lowest BCUT2D eigenvalue weighted by Gasteiger charge is -2.32. The Morgan fingerprint density at radius 3 is 2.68 bits per heavy atom. The first-order chi connectivity index (χ1) is 18.2. The van der Waals surface area contributed by atoms with E-state index in [9.17, 15) is 4.79 Å². The molecule has 2 heterocycles. The molecule has 1 fully saturated rings. The van der Waals surface area contributed by atoms with Crippen LogP contribution in [0.4, 0.5) is 0 Å². The number of fused-ring (bicyclic) bond motifs is 1. The quantitative estimate of drug-likeness (QED) is 0.321. The Bertz CT molecular complexity index is 1360. The SMILES string of the molecule is CC[C@@H](c1nnnn1C1CCCCC1)N(CCc1ccccc1)Cc1cc2cc(OC)ccc2[nH]c1=O. The van der Waals surface area contributed by atoms with Gasteiger partial charge in [-0.25, -0.2) is 4.68 Å². The van der Waals surface area contributed by atoms with Gasteiger partial charge in [0.15, 0.2) is 5.82 Å². The Morgan fingerprint density at radius 2 is 1.92 bits per heavy atom.